The van der Waals surface area contributed by atoms with Crippen molar-refractivity contribution in [3.8, 4) is 5.75 Å². The van der Waals surface area contributed by atoms with Crippen molar-refractivity contribution in [3.05, 3.63) is 52.9 Å². The summed E-state index contributed by atoms with van der Waals surface area (Å²) in [5, 5.41) is 3.89. The fourth-order valence-corrected chi connectivity index (χ4v) is 2.35. The minimum atomic E-state index is -0.0202. The molecule has 1 N–H and O–H groups in total. The molecule has 1 atom stereocenters. The quantitative estimate of drug-likeness (QED) is 0.797. The number of rotatable bonds is 7. The second kappa shape index (κ2) is 7.53. The Bertz CT molecular complexity index is 565. The van der Waals surface area contributed by atoms with Crippen LogP contribution in [-0.2, 0) is 0 Å². The number of benzene rings is 1. The lowest BCUT2D eigenvalue weighted by molar-refractivity contribution is 0.242. The fraction of sp³-hybridized carbons (Fsp3) is 0.412. The van der Waals surface area contributed by atoms with Gasteiger partial charge in [0.2, 0.25) is 0 Å². The Hall–Kier alpha value is -1.45. The zero-order valence-electron chi connectivity index (χ0n) is 12.7. The van der Waals surface area contributed by atoms with Gasteiger partial charge in [-0.25, -0.2) is 0 Å². The van der Waals surface area contributed by atoms with E-state index in [9.17, 15) is 0 Å². The van der Waals surface area contributed by atoms with Gasteiger partial charge in [-0.1, -0.05) is 19.1 Å². The highest BCUT2D eigenvalue weighted by atomic mass is 35.5. The molecular formula is C17H22ClNO2. The average Bonchev–Trinajstić information content (AvgIpc) is 2.85. The Kier molecular flexibility index (Phi) is 5.71. The first-order valence-electron chi connectivity index (χ1n) is 7.35. The van der Waals surface area contributed by atoms with E-state index in [1.165, 1.54) is 0 Å². The predicted octanol–water partition coefficient (Wildman–Crippen LogP) is 4.81. The van der Waals surface area contributed by atoms with E-state index in [0.717, 1.165) is 30.0 Å². The van der Waals surface area contributed by atoms with E-state index in [2.05, 4.69) is 18.3 Å². The predicted molar refractivity (Wildman–Crippen MR) is 86.1 cm³/mol. The Morgan fingerprint density at radius 3 is 2.67 bits per heavy atom. The maximum atomic E-state index is 5.91. The van der Waals surface area contributed by atoms with Crippen LogP contribution in [-0.4, -0.2) is 12.6 Å². The van der Waals surface area contributed by atoms with Crippen LogP contribution in [0.1, 0.15) is 44.6 Å². The van der Waals surface area contributed by atoms with Crippen molar-refractivity contribution < 1.29 is 9.15 Å². The molecule has 0 amide bonds. The summed E-state index contributed by atoms with van der Waals surface area (Å²) in [6.45, 7) is 7.08. The zero-order valence-corrected chi connectivity index (χ0v) is 13.5. The van der Waals surface area contributed by atoms with Crippen LogP contribution in [0.4, 0.5) is 0 Å². The first-order chi connectivity index (χ1) is 10.1. The van der Waals surface area contributed by atoms with Gasteiger partial charge >= 0.3 is 0 Å². The molecule has 1 aromatic heterocycles. The van der Waals surface area contributed by atoms with Crippen LogP contribution in [0.3, 0.4) is 0 Å². The molecule has 0 aliphatic carbocycles. The van der Waals surface area contributed by atoms with Crippen molar-refractivity contribution in [3.63, 3.8) is 0 Å². The zero-order chi connectivity index (χ0) is 15.2. The molecule has 0 saturated heterocycles. The summed E-state index contributed by atoms with van der Waals surface area (Å²) < 4.78 is 11.3. The molecule has 0 bridgehead atoms. The molecular weight excluding hydrogens is 286 g/mol. The molecule has 3 nitrogen and oxygen atoms in total. The Morgan fingerprint density at radius 2 is 2.05 bits per heavy atom. The molecule has 1 unspecified atom stereocenters. The summed E-state index contributed by atoms with van der Waals surface area (Å²) in [5.74, 6) is 1.68. The van der Waals surface area contributed by atoms with Crippen molar-refractivity contribution in [2.24, 2.45) is 0 Å². The molecule has 0 aliphatic rings. The van der Waals surface area contributed by atoms with E-state index < -0.39 is 0 Å². The number of halogens is 1. The van der Waals surface area contributed by atoms with Crippen LogP contribution in [0.25, 0.3) is 0 Å². The summed E-state index contributed by atoms with van der Waals surface area (Å²) in [6.07, 6.45) is 1.20. The van der Waals surface area contributed by atoms with Gasteiger partial charge in [0.1, 0.15) is 11.5 Å². The van der Waals surface area contributed by atoms with Gasteiger partial charge in [-0.2, -0.15) is 0 Å². The highest BCUT2D eigenvalue weighted by Crippen LogP contribution is 2.28. The minimum Gasteiger partial charge on any atom is -0.491 e. The van der Waals surface area contributed by atoms with Gasteiger partial charge in [-0.15, -0.1) is 0 Å². The lowest BCUT2D eigenvalue weighted by atomic mass is 10.0. The van der Waals surface area contributed by atoms with Crippen LogP contribution in [0.5, 0.6) is 5.75 Å². The van der Waals surface area contributed by atoms with Gasteiger partial charge in [0.05, 0.1) is 12.1 Å². The summed E-state index contributed by atoms with van der Waals surface area (Å²) in [6, 6.07) is 11.7. The molecule has 114 valence electrons. The molecule has 0 aliphatic heterocycles. The van der Waals surface area contributed by atoms with Crippen molar-refractivity contribution in [2.75, 3.05) is 6.54 Å². The number of hydrogen-bond acceptors (Lipinski definition) is 3. The second-order valence-electron chi connectivity index (χ2n) is 5.27. The lowest BCUT2D eigenvalue weighted by Crippen LogP contribution is -2.22. The van der Waals surface area contributed by atoms with Crippen molar-refractivity contribution in [1.29, 1.82) is 0 Å². The average molecular weight is 308 g/mol. The maximum Gasteiger partial charge on any atom is 0.193 e. The van der Waals surface area contributed by atoms with Crippen LogP contribution < -0.4 is 10.1 Å². The van der Waals surface area contributed by atoms with Crippen LogP contribution in [0, 0.1) is 0 Å². The van der Waals surface area contributed by atoms with E-state index in [0.29, 0.717) is 5.22 Å². The highest BCUT2D eigenvalue weighted by molar-refractivity contribution is 6.28. The minimum absolute atomic E-state index is 0.0202. The molecule has 4 heteroatoms. The number of hydrogen-bond donors (Lipinski definition) is 1. The first-order valence-corrected chi connectivity index (χ1v) is 7.73. The third-order valence-electron chi connectivity index (χ3n) is 3.04. The molecule has 2 rings (SSSR count). The molecule has 0 saturated carbocycles. The molecule has 0 spiro atoms. The van der Waals surface area contributed by atoms with Crippen LogP contribution in [0.2, 0.25) is 5.22 Å². The normalized spacial score (nSPS) is 12.6. The SMILES string of the molecule is CCCNC(c1cccc(OC(C)C)c1)c1ccc(Cl)o1. The molecule has 2 aromatic rings. The first kappa shape index (κ1) is 15.9. The number of ether oxygens (including phenoxy) is 1. The van der Waals surface area contributed by atoms with E-state index in [-0.39, 0.29) is 12.1 Å². The molecule has 1 heterocycles. The van der Waals surface area contributed by atoms with Gasteiger partial charge in [0.15, 0.2) is 5.22 Å². The Balaban J connectivity index is 2.27. The van der Waals surface area contributed by atoms with Crippen LogP contribution in [0.15, 0.2) is 40.8 Å². The van der Waals surface area contributed by atoms with E-state index in [1.807, 2.05) is 38.1 Å². The molecule has 21 heavy (non-hydrogen) atoms. The Morgan fingerprint density at radius 1 is 1.24 bits per heavy atom. The van der Waals surface area contributed by atoms with E-state index in [1.54, 1.807) is 6.07 Å². The second-order valence-corrected chi connectivity index (χ2v) is 5.64. The van der Waals surface area contributed by atoms with E-state index in [4.69, 9.17) is 20.8 Å². The molecule has 1 aromatic carbocycles. The smallest absolute Gasteiger partial charge is 0.193 e. The van der Waals surface area contributed by atoms with Gasteiger partial charge in [-0.05, 0) is 68.2 Å². The summed E-state index contributed by atoms with van der Waals surface area (Å²) >= 11 is 5.91. The van der Waals surface area contributed by atoms with Crippen LogP contribution >= 0.6 is 11.6 Å². The van der Waals surface area contributed by atoms with Gasteiger partial charge in [0.25, 0.3) is 0 Å². The Labute approximate surface area is 131 Å². The van der Waals surface area contributed by atoms with Crippen molar-refractivity contribution in [1.82, 2.24) is 5.32 Å². The summed E-state index contributed by atoms with van der Waals surface area (Å²) in [5.41, 5.74) is 1.10. The van der Waals surface area contributed by atoms with Gasteiger partial charge < -0.3 is 14.5 Å². The van der Waals surface area contributed by atoms with Crippen molar-refractivity contribution in [2.45, 2.75) is 39.3 Å². The monoisotopic (exact) mass is 307 g/mol. The lowest BCUT2D eigenvalue weighted by Gasteiger charge is -2.18. The molecule has 0 radical (unpaired) electrons. The fourth-order valence-electron chi connectivity index (χ4n) is 2.19. The van der Waals surface area contributed by atoms with Gasteiger partial charge in [0, 0.05) is 0 Å². The number of nitrogens with one attached hydrogen (secondary N) is 1. The van der Waals surface area contributed by atoms with E-state index >= 15 is 0 Å². The standard InChI is InChI=1S/C17H22ClNO2/c1-4-10-19-17(15-8-9-16(18)21-15)13-6-5-7-14(11-13)20-12(2)3/h5-9,11-12,17,19H,4,10H2,1-3H3. The maximum absolute atomic E-state index is 5.91. The summed E-state index contributed by atoms with van der Waals surface area (Å²) in [4.78, 5) is 0. The molecule has 0 fully saturated rings. The third-order valence-corrected chi connectivity index (χ3v) is 3.24. The largest absolute Gasteiger partial charge is 0.491 e. The number of furan rings is 1. The van der Waals surface area contributed by atoms with Crippen molar-refractivity contribution >= 4 is 11.6 Å². The third kappa shape index (κ3) is 4.51. The van der Waals surface area contributed by atoms with Gasteiger partial charge in [-0.3, -0.25) is 0 Å². The topological polar surface area (TPSA) is 34.4 Å². The highest BCUT2D eigenvalue weighted by Gasteiger charge is 2.17. The summed E-state index contributed by atoms with van der Waals surface area (Å²) in [7, 11) is 0.